The quantitative estimate of drug-likeness (QED) is 0.914. The van der Waals surface area contributed by atoms with Crippen LogP contribution in [0.2, 0.25) is 0 Å². The molecule has 0 unspecified atom stereocenters. The van der Waals surface area contributed by atoms with Gasteiger partial charge in [-0.15, -0.1) is 0 Å². The minimum atomic E-state index is -0.527. The number of fused-ring (bicyclic) bond motifs is 1. The van der Waals surface area contributed by atoms with Crippen molar-refractivity contribution in [1.29, 1.82) is 0 Å². The van der Waals surface area contributed by atoms with Crippen molar-refractivity contribution in [3.63, 3.8) is 0 Å². The highest BCUT2D eigenvalue weighted by atomic mass is 16.6. The molecule has 0 saturated heterocycles. The fourth-order valence-electron chi connectivity index (χ4n) is 2.45. The van der Waals surface area contributed by atoms with Gasteiger partial charge in [-0.2, -0.15) is 0 Å². The van der Waals surface area contributed by atoms with Crippen molar-refractivity contribution in [2.75, 3.05) is 5.32 Å². The van der Waals surface area contributed by atoms with Crippen molar-refractivity contribution in [3.8, 4) is 0 Å². The Morgan fingerprint density at radius 1 is 1.25 bits per heavy atom. The molecule has 0 saturated carbocycles. The molecule has 0 bridgehead atoms. The van der Waals surface area contributed by atoms with Gasteiger partial charge in [-0.3, -0.25) is 9.69 Å². The van der Waals surface area contributed by atoms with E-state index in [9.17, 15) is 9.59 Å². The number of hydrogen-bond donors (Lipinski definition) is 1. The Morgan fingerprint density at radius 3 is 2.67 bits per heavy atom. The van der Waals surface area contributed by atoms with E-state index in [0.29, 0.717) is 18.8 Å². The van der Waals surface area contributed by atoms with Gasteiger partial charge in [-0.25, -0.2) is 9.78 Å². The molecule has 2 amide bonds. The Bertz CT molecular complexity index is 763. The summed E-state index contributed by atoms with van der Waals surface area (Å²) < 4.78 is 10.4. The maximum absolute atomic E-state index is 12.2. The number of nitrogens with one attached hydrogen (secondary N) is 1. The molecule has 1 aliphatic heterocycles. The fraction of sp³-hybridized carbons (Fsp3) is 0.353. The third-order valence-corrected chi connectivity index (χ3v) is 3.46. The van der Waals surface area contributed by atoms with Gasteiger partial charge in [0, 0.05) is 18.8 Å². The summed E-state index contributed by atoms with van der Waals surface area (Å²) in [7, 11) is 0. The maximum atomic E-state index is 12.2. The van der Waals surface area contributed by atoms with Crippen molar-refractivity contribution in [2.45, 2.75) is 39.5 Å². The lowest BCUT2D eigenvalue weighted by Gasteiger charge is -2.24. The average molecular weight is 329 g/mol. The third kappa shape index (κ3) is 3.56. The van der Waals surface area contributed by atoms with Gasteiger partial charge in [0.05, 0.1) is 6.20 Å². The summed E-state index contributed by atoms with van der Waals surface area (Å²) in [6.45, 7) is 6.46. The predicted octanol–water partition coefficient (Wildman–Crippen LogP) is 3.18. The van der Waals surface area contributed by atoms with Crippen LogP contribution in [0.4, 0.5) is 10.5 Å². The molecule has 3 rings (SSSR count). The standard InChI is InChI=1S/C17H19N3O4/c1-17(2,3)24-16(22)20-9-11-4-5-13(8-12(11)10-20)19-14(21)15-18-6-7-23-15/h4-8H,9-10H2,1-3H3,(H,19,21). The Morgan fingerprint density at radius 2 is 2.00 bits per heavy atom. The summed E-state index contributed by atoms with van der Waals surface area (Å²) >= 11 is 0. The first kappa shape index (κ1) is 16.0. The van der Waals surface area contributed by atoms with E-state index in [2.05, 4.69) is 10.3 Å². The number of hydrogen-bond acceptors (Lipinski definition) is 5. The molecule has 0 atom stereocenters. The van der Waals surface area contributed by atoms with Gasteiger partial charge in [-0.05, 0) is 44.0 Å². The van der Waals surface area contributed by atoms with Crippen molar-refractivity contribution in [2.24, 2.45) is 0 Å². The van der Waals surface area contributed by atoms with E-state index >= 15 is 0 Å². The summed E-state index contributed by atoms with van der Waals surface area (Å²) in [5.74, 6) is -0.409. The molecule has 0 fully saturated rings. The number of carbonyl (C=O) groups excluding carboxylic acids is 2. The lowest BCUT2D eigenvalue weighted by atomic mass is 10.1. The number of carbonyl (C=O) groups is 2. The van der Waals surface area contributed by atoms with Gasteiger partial charge in [0.15, 0.2) is 0 Å². The number of rotatable bonds is 2. The molecule has 1 N–H and O–H groups in total. The average Bonchev–Trinajstić information content (AvgIpc) is 3.14. The summed E-state index contributed by atoms with van der Waals surface area (Å²) in [5, 5.41) is 2.73. The van der Waals surface area contributed by atoms with E-state index in [0.717, 1.165) is 11.1 Å². The largest absolute Gasteiger partial charge is 0.444 e. The van der Waals surface area contributed by atoms with E-state index in [1.165, 1.54) is 12.5 Å². The van der Waals surface area contributed by atoms with Gasteiger partial charge >= 0.3 is 12.0 Å². The monoisotopic (exact) mass is 329 g/mol. The van der Waals surface area contributed by atoms with Gasteiger partial charge in [0.25, 0.3) is 5.89 Å². The Balaban J connectivity index is 1.68. The van der Waals surface area contributed by atoms with Crippen molar-refractivity contribution >= 4 is 17.7 Å². The molecule has 7 nitrogen and oxygen atoms in total. The number of ether oxygens (including phenoxy) is 1. The SMILES string of the molecule is CC(C)(C)OC(=O)N1Cc2ccc(NC(=O)c3ncco3)cc2C1. The molecule has 1 aromatic carbocycles. The Hall–Kier alpha value is -2.83. The van der Waals surface area contributed by atoms with E-state index < -0.39 is 11.5 Å². The minimum absolute atomic E-state index is 0.00544. The molecular weight excluding hydrogens is 310 g/mol. The van der Waals surface area contributed by atoms with Crippen LogP contribution in [0.25, 0.3) is 0 Å². The first-order valence-electron chi connectivity index (χ1n) is 7.62. The smallest absolute Gasteiger partial charge is 0.410 e. The molecule has 7 heteroatoms. The third-order valence-electron chi connectivity index (χ3n) is 3.46. The molecule has 1 aliphatic rings. The van der Waals surface area contributed by atoms with Gasteiger partial charge < -0.3 is 14.5 Å². The van der Waals surface area contributed by atoms with Crippen molar-refractivity contribution in [1.82, 2.24) is 9.88 Å². The highest BCUT2D eigenvalue weighted by Crippen LogP contribution is 2.27. The highest BCUT2D eigenvalue weighted by Gasteiger charge is 2.28. The fourth-order valence-corrected chi connectivity index (χ4v) is 2.45. The lowest BCUT2D eigenvalue weighted by molar-refractivity contribution is 0.0241. The predicted molar refractivity (Wildman–Crippen MR) is 86.4 cm³/mol. The van der Waals surface area contributed by atoms with Gasteiger partial charge in [0.1, 0.15) is 11.9 Å². The zero-order valence-corrected chi connectivity index (χ0v) is 13.8. The van der Waals surface area contributed by atoms with Crippen LogP contribution in [-0.2, 0) is 17.8 Å². The topological polar surface area (TPSA) is 84.7 Å². The molecule has 126 valence electrons. The Kier molecular flexibility index (Phi) is 4.01. The Labute approximate surface area is 139 Å². The minimum Gasteiger partial charge on any atom is -0.444 e. The van der Waals surface area contributed by atoms with E-state index in [-0.39, 0.29) is 12.0 Å². The number of aromatic nitrogens is 1. The van der Waals surface area contributed by atoms with Gasteiger partial charge in [0.2, 0.25) is 0 Å². The molecule has 2 aromatic rings. The maximum Gasteiger partial charge on any atom is 0.410 e. The first-order chi connectivity index (χ1) is 11.3. The number of nitrogens with zero attached hydrogens (tertiary/aromatic N) is 2. The normalized spacial score (nSPS) is 13.5. The number of amides is 2. The number of oxazole rings is 1. The zero-order chi connectivity index (χ0) is 17.3. The van der Waals surface area contributed by atoms with Crippen LogP contribution in [0.15, 0.2) is 35.1 Å². The molecule has 0 spiro atoms. The molecule has 24 heavy (non-hydrogen) atoms. The van der Waals surface area contributed by atoms with Crippen LogP contribution < -0.4 is 5.32 Å². The number of benzene rings is 1. The van der Waals surface area contributed by atoms with Crippen molar-refractivity contribution in [3.05, 3.63) is 47.7 Å². The van der Waals surface area contributed by atoms with E-state index in [1.54, 1.807) is 11.0 Å². The second-order valence-corrected chi connectivity index (χ2v) is 6.61. The van der Waals surface area contributed by atoms with Crippen LogP contribution in [0, 0.1) is 0 Å². The van der Waals surface area contributed by atoms with Crippen LogP contribution in [0.5, 0.6) is 0 Å². The zero-order valence-electron chi connectivity index (χ0n) is 13.8. The van der Waals surface area contributed by atoms with E-state index in [1.807, 2.05) is 32.9 Å². The van der Waals surface area contributed by atoms with Crippen LogP contribution in [-0.4, -0.2) is 27.5 Å². The summed E-state index contributed by atoms with van der Waals surface area (Å²) in [6.07, 6.45) is 2.41. The highest BCUT2D eigenvalue weighted by molar-refractivity contribution is 6.00. The van der Waals surface area contributed by atoms with Crippen molar-refractivity contribution < 1.29 is 18.7 Å². The summed E-state index contributed by atoms with van der Waals surface area (Å²) in [6, 6.07) is 5.53. The molecule has 0 radical (unpaired) electrons. The first-order valence-corrected chi connectivity index (χ1v) is 7.62. The van der Waals surface area contributed by atoms with Crippen LogP contribution in [0.1, 0.15) is 42.6 Å². The summed E-state index contributed by atoms with van der Waals surface area (Å²) in [4.78, 5) is 29.6. The van der Waals surface area contributed by atoms with Crippen LogP contribution in [0.3, 0.4) is 0 Å². The van der Waals surface area contributed by atoms with Crippen LogP contribution >= 0.6 is 0 Å². The number of anilines is 1. The van der Waals surface area contributed by atoms with Gasteiger partial charge in [-0.1, -0.05) is 6.07 Å². The second kappa shape index (κ2) is 5.99. The molecule has 1 aromatic heterocycles. The molecule has 2 heterocycles. The summed E-state index contributed by atoms with van der Waals surface area (Å²) in [5.41, 5.74) is 2.12. The van der Waals surface area contributed by atoms with E-state index in [4.69, 9.17) is 9.15 Å². The molecular formula is C17H19N3O4. The lowest BCUT2D eigenvalue weighted by Crippen LogP contribution is -2.33. The second-order valence-electron chi connectivity index (χ2n) is 6.61. The molecule has 0 aliphatic carbocycles.